The van der Waals surface area contributed by atoms with E-state index >= 15 is 0 Å². The predicted octanol–water partition coefficient (Wildman–Crippen LogP) is 2.99. The summed E-state index contributed by atoms with van der Waals surface area (Å²) in [5.74, 6) is -0.0829. The summed E-state index contributed by atoms with van der Waals surface area (Å²) in [5.41, 5.74) is 6.45. The third kappa shape index (κ3) is 3.69. The molecule has 0 spiro atoms. The van der Waals surface area contributed by atoms with Crippen LogP contribution >= 0.6 is 23.2 Å². The molecule has 0 aromatic heterocycles. The lowest BCUT2D eigenvalue weighted by atomic mass is 9.90. The second kappa shape index (κ2) is 6.53. The molecule has 2 unspecified atom stereocenters. The number of nitrogens with zero attached hydrogens (tertiary/aromatic N) is 1. The van der Waals surface area contributed by atoms with Gasteiger partial charge in [-0.25, -0.2) is 0 Å². The van der Waals surface area contributed by atoms with Crippen molar-refractivity contribution in [3.63, 3.8) is 0 Å². The SMILES string of the molecule is CC(C(=O)Nc1cccc(Cl)c1Cl)N1CCC(C)(CN)C1. The molecular weight excluding hydrogens is 309 g/mol. The lowest BCUT2D eigenvalue weighted by molar-refractivity contribution is -0.120. The summed E-state index contributed by atoms with van der Waals surface area (Å²) in [5, 5.41) is 3.64. The quantitative estimate of drug-likeness (QED) is 0.892. The van der Waals surface area contributed by atoms with E-state index in [0.717, 1.165) is 19.5 Å². The summed E-state index contributed by atoms with van der Waals surface area (Å²) < 4.78 is 0. The summed E-state index contributed by atoms with van der Waals surface area (Å²) in [4.78, 5) is 14.5. The van der Waals surface area contributed by atoms with Crippen LogP contribution in [-0.2, 0) is 4.79 Å². The van der Waals surface area contributed by atoms with Gasteiger partial charge in [-0.2, -0.15) is 0 Å². The number of hydrogen-bond donors (Lipinski definition) is 2. The second-order valence-electron chi connectivity index (χ2n) is 6.00. The highest BCUT2D eigenvalue weighted by molar-refractivity contribution is 6.44. The van der Waals surface area contributed by atoms with Gasteiger partial charge in [-0.05, 0) is 44.0 Å². The van der Waals surface area contributed by atoms with Gasteiger partial charge in [0, 0.05) is 6.54 Å². The van der Waals surface area contributed by atoms with E-state index in [1.807, 2.05) is 6.92 Å². The topological polar surface area (TPSA) is 58.4 Å². The molecule has 0 aliphatic carbocycles. The van der Waals surface area contributed by atoms with Gasteiger partial charge in [0.2, 0.25) is 5.91 Å². The monoisotopic (exact) mass is 329 g/mol. The van der Waals surface area contributed by atoms with Gasteiger partial charge in [0.05, 0.1) is 21.8 Å². The zero-order chi connectivity index (χ0) is 15.6. The Morgan fingerprint density at radius 3 is 2.86 bits per heavy atom. The first-order chi connectivity index (χ1) is 9.86. The van der Waals surface area contributed by atoms with E-state index in [1.165, 1.54) is 0 Å². The number of carbonyl (C=O) groups excluding carboxylic acids is 1. The number of amides is 1. The van der Waals surface area contributed by atoms with Crippen molar-refractivity contribution in [1.29, 1.82) is 0 Å². The summed E-state index contributed by atoms with van der Waals surface area (Å²) in [6.45, 7) is 6.41. The zero-order valence-corrected chi connectivity index (χ0v) is 13.8. The van der Waals surface area contributed by atoms with Crippen molar-refractivity contribution in [2.45, 2.75) is 26.3 Å². The van der Waals surface area contributed by atoms with E-state index in [9.17, 15) is 4.79 Å². The van der Waals surface area contributed by atoms with Crippen LogP contribution in [0.1, 0.15) is 20.3 Å². The van der Waals surface area contributed by atoms with E-state index < -0.39 is 0 Å². The largest absolute Gasteiger partial charge is 0.330 e. The fourth-order valence-corrected chi connectivity index (χ4v) is 2.91. The molecule has 0 radical (unpaired) electrons. The zero-order valence-electron chi connectivity index (χ0n) is 12.3. The Kier molecular flexibility index (Phi) is 5.15. The molecule has 6 heteroatoms. The van der Waals surface area contributed by atoms with Crippen LogP contribution in [0.4, 0.5) is 5.69 Å². The van der Waals surface area contributed by atoms with Crippen LogP contribution in [0, 0.1) is 5.41 Å². The summed E-state index contributed by atoms with van der Waals surface area (Å²) in [6, 6.07) is 4.96. The lowest BCUT2D eigenvalue weighted by Gasteiger charge is -2.26. The minimum absolute atomic E-state index is 0.0829. The van der Waals surface area contributed by atoms with Crippen molar-refractivity contribution in [2.75, 3.05) is 25.0 Å². The Morgan fingerprint density at radius 2 is 2.24 bits per heavy atom. The van der Waals surface area contributed by atoms with Crippen molar-refractivity contribution in [1.82, 2.24) is 4.90 Å². The van der Waals surface area contributed by atoms with E-state index in [0.29, 0.717) is 22.3 Å². The molecule has 1 fully saturated rings. The Bertz CT molecular complexity index is 538. The molecule has 1 aromatic carbocycles. The molecule has 2 atom stereocenters. The molecule has 0 bridgehead atoms. The van der Waals surface area contributed by atoms with Gasteiger partial charge in [0.1, 0.15) is 0 Å². The van der Waals surface area contributed by atoms with Gasteiger partial charge >= 0.3 is 0 Å². The first kappa shape index (κ1) is 16.6. The van der Waals surface area contributed by atoms with Crippen LogP contribution in [0.25, 0.3) is 0 Å². The van der Waals surface area contributed by atoms with E-state index in [2.05, 4.69) is 17.1 Å². The van der Waals surface area contributed by atoms with Crippen LogP contribution in [0.3, 0.4) is 0 Å². The molecule has 0 saturated carbocycles. The summed E-state index contributed by atoms with van der Waals surface area (Å²) >= 11 is 12.0. The number of nitrogens with two attached hydrogens (primary N) is 1. The highest BCUT2D eigenvalue weighted by atomic mass is 35.5. The van der Waals surface area contributed by atoms with Gasteiger partial charge in [-0.15, -0.1) is 0 Å². The number of anilines is 1. The van der Waals surface area contributed by atoms with Crippen LogP contribution in [-0.4, -0.2) is 36.5 Å². The maximum absolute atomic E-state index is 12.4. The minimum atomic E-state index is -0.228. The van der Waals surface area contributed by atoms with Gasteiger partial charge in [0.25, 0.3) is 0 Å². The van der Waals surface area contributed by atoms with Crippen molar-refractivity contribution in [3.8, 4) is 0 Å². The average molecular weight is 330 g/mol. The third-order valence-corrected chi connectivity index (χ3v) is 5.04. The maximum Gasteiger partial charge on any atom is 0.241 e. The molecule has 21 heavy (non-hydrogen) atoms. The van der Waals surface area contributed by atoms with Crippen molar-refractivity contribution < 1.29 is 4.79 Å². The van der Waals surface area contributed by atoms with Crippen molar-refractivity contribution in [3.05, 3.63) is 28.2 Å². The highest BCUT2D eigenvalue weighted by Crippen LogP contribution is 2.32. The van der Waals surface area contributed by atoms with E-state index in [4.69, 9.17) is 28.9 Å². The van der Waals surface area contributed by atoms with Crippen molar-refractivity contribution >= 4 is 34.8 Å². The minimum Gasteiger partial charge on any atom is -0.330 e. The molecule has 1 aromatic rings. The molecule has 1 amide bonds. The first-order valence-electron chi connectivity index (χ1n) is 7.05. The maximum atomic E-state index is 12.4. The fourth-order valence-electron chi connectivity index (χ4n) is 2.56. The number of nitrogens with one attached hydrogen (secondary N) is 1. The van der Waals surface area contributed by atoms with Crippen molar-refractivity contribution in [2.24, 2.45) is 11.1 Å². The Balaban J connectivity index is 2.02. The van der Waals surface area contributed by atoms with Crippen LogP contribution in [0.15, 0.2) is 18.2 Å². The normalized spacial score (nSPS) is 24.0. The van der Waals surface area contributed by atoms with Gasteiger partial charge < -0.3 is 11.1 Å². The highest BCUT2D eigenvalue weighted by Gasteiger charge is 2.36. The molecule has 1 aliphatic heterocycles. The Labute approximate surface area is 135 Å². The number of halogens is 2. The standard InChI is InChI=1S/C15H21Cl2N3O/c1-10(20-7-6-15(2,8-18)9-20)14(21)19-12-5-3-4-11(16)13(12)17/h3-5,10H,6-9,18H2,1-2H3,(H,19,21). The summed E-state index contributed by atoms with van der Waals surface area (Å²) in [7, 11) is 0. The van der Waals surface area contributed by atoms with Crippen LogP contribution < -0.4 is 11.1 Å². The fraction of sp³-hybridized carbons (Fsp3) is 0.533. The number of benzene rings is 1. The smallest absolute Gasteiger partial charge is 0.241 e. The number of hydrogen-bond acceptors (Lipinski definition) is 3. The van der Waals surface area contributed by atoms with E-state index in [1.54, 1.807) is 18.2 Å². The average Bonchev–Trinajstić information content (AvgIpc) is 2.86. The van der Waals surface area contributed by atoms with Crippen LogP contribution in [0.2, 0.25) is 10.0 Å². The number of likely N-dealkylation sites (tertiary alicyclic amines) is 1. The molecule has 1 saturated heterocycles. The molecular formula is C15H21Cl2N3O. The van der Waals surface area contributed by atoms with Crippen LogP contribution in [0.5, 0.6) is 0 Å². The first-order valence-corrected chi connectivity index (χ1v) is 7.81. The summed E-state index contributed by atoms with van der Waals surface area (Å²) in [6.07, 6.45) is 1.01. The van der Waals surface area contributed by atoms with E-state index in [-0.39, 0.29) is 17.4 Å². The Morgan fingerprint density at radius 1 is 1.52 bits per heavy atom. The molecule has 1 heterocycles. The Hall–Kier alpha value is -0.810. The second-order valence-corrected chi connectivity index (χ2v) is 6.79. The molecule has 116 valence electrons. The number of carbonyl (C=O) groups is 1. The molecule has 4 nitrogen and oxygen atoms in total. The van der Waals surface area contributed by atoms with Gasteiger partial charge in [-0.3, -0.25) is 9.69 Å². The molecule has 2 rings (SSSR count). The molecule has 1 aliphatic rings. The predicted molar refractivity (Wildman–Crippen MR) is 87.9 cm³/mol. The van der Waals surface area contributed by atoms with Gasteiger partial charge in [-0.1, -0.05) is 36.2 Å². The van der Waals surface area contributed by atoms with Gasteiger partial charge in [0.15, 0.2) is 0 Å². The molecule has 3 N–H and O–H groups in total. The number of rotatable bonds is 4. The lowest BCUT2D eigenvalue weighted by Crippen LogP contribution is -2.42. The third-order valence-electron chi connectivity index (χ3n) is 4.22.